The predicted octanol–water partition coefficient (Wildman–Crippen LogP) is 1.65. The van der Waals surface area contributed by atoms with Crippen LogP contribution in [0.3, 0.4) is 0 Å². The highest BCUT2D eigenvalue weighted by Gasteiger charge is 2.26. The van der Waals surface area contributed by atoms with Gasteiger partial charge in [0.05, 0.1) is 22.6 Å². The fraction of sp³-hybridized carbons (Fsp3) is 0.467. The summed E-state index contributed by atoms with van der Waals surface area (Å²) in [6, 6.07) is 1.48. The van der Waals surface area contributed by atoms with Crippen LogP contribution in [0.2, 0.25) is 10.0 Å². The summed E-state index contributed by atoms with van der Waals surface area (Å²) < 4.78 is 0. The van der Waals surface area contributed by atoms with Gasteiger partial charge in [-0.25, -0.2) is 4.98 Å². The van der Waals surface area contributed by atoms with Crippen molar-refractivity contribution in [2.45, 2.75) is 13.0 Å². The van der Waals surface area contributed by atoms with Gasteiger partial charge in [0.15, 0.2) is 0 Å². The Morgan fingerprint density at radius 3 is 2.73 bits per heavy atom. The van der Waals surface area contributed by atoms with Gasteiger partial charge < -0.3 is 10.2 Å². The molecule has 2 rings (SSSR count). The van der Waals surface area contributed by atoms with Crippen LogP contribution in [0.5, 0.6) is 0 Å². The maximum absolute atomic E-state index is 11.9. The smallest absolute Gasteiger partial charge is 0.237 e. The topological polar surface area (TPSA) is 48.5 Å². The van der Waals surface area contributed by atoms with Crippen LogP contribution in [0.15, 0.2) is 12.3 Å². The second-order valence-corrected chi connectivity index (χ2v) is 5.92. The van der Waals surface area contributed by atoms with Crippen molar-refractivity contribution in [2.75, 3.05) is 37.6 Å². The zero-order chi connectivity index (χ0) is 16.1. The molecular weight excluding hydrogens is 323 g/mol. The number of halogens is 2. The number of hydrogen-bond acceptors (Lipinski definition) is 4. The zero-order valence-electron chi connectivity index (χ0n) is 12.4. The second kappa shape index (κ2) is 7.68. The van der Waals surface area contributed by atoms with Gasteiger partial charge in [-0.15, -0.1) is 6.42 Å². The number of terminal acetylenes is 1. The Morgan fingerprint density at radius 1 is 1.45 bits per heavy atom. The van der Waals surface area contributed by atoms with Crippen LogP contribution in [0.25, 0.3) is 0 Å². The molecule has 0 aliphatic carbocycles. The number of pyridine rings is 1. The van der Waals surface area contributed by atoms with Crippen LogP contribution in [0, 0.1) is 12.3 Å². The summed E-state index contributed by atoms with van der Waals surface area (Å²) in [6.45, 7) is 5.15. The van der Waals surface area contributed by atoms with Gasteiger partial charge >= 0.3 is 0 Å². The molecule has 1 fully saturated rings. The molecule has 1 saturated heterocycles. The SMILES string of the molecule is C#CCNC(=O)[C@@H](C)N1CCN(c2ncc(Cl)cc2Cl)CC1. The van der Waals surface area contributed by atoms with Crippen LogP contribution in [-0.2, 0) is 4.79 Å². The highest BCUT2D eigenvalue weighted by atomic mass is 35.5. The van der Waals surface area contributed by atoms with E-state index < -0.39 is 0 Å². The molecule has 118 valence electrons. The number of nitrogens with zero attached hydrogens (tertiary/aromatic N) is 3. The third-order valence-electron chi connectivity index (χ3n) is 3.69. The lowest BCUT2D eigenvalue weighted by molar-refractivity contribution is -0.125. The first-order chi connectivity index (χ1) is 10.5. The first-order valence-corrected chi connectivity index (χ1v) is 7.79. The molecule has 0 spiro atoms. The highest BCUT2D eigenvalue weighted by Crippen LogP contribution is 2.26. The van der Waals surface area contributed by atoms with Crippen molar-refractivity contribution in [1.82, 2.24) is 15.2 Å². The summed E-state index contributed by atoms with van der Waals surface area (Å²) in [6.07, 6.45) is 6.74. The maximum Gasteiger partial charge on any atom is 0.237 e. The lowest BCUT2D eigenvalue weighted by atomic mass is 10.2. The molecule has 1 aromatic heterocycles. The van der Waals surface area contributed by atoms with E-state index in [4.69, 9.17) is 29.6 Å². The number of aromatic nitrogens is 1. The molecule has 7 heteroatoms. The number of amides is 1. The first kappa shape index (κ1) is 16.9. The fourth-order valence-corrected chi connectivity index (χ4v) is 2.91. The van der Waals surface area contributed by atoms with Crippen molar-refractivity contribution >= 4 is 34.9 Å². The van der Waals surface area contributed by atoms with Crippen molar-refractivity contribution < 1.29 is 4.79 Å². The third kappa shape index (κ3) is 4.04. The number of rotatable bonds is 4. The van der Waals surface area contributed by atoms with Gasteiger partial charge in [-0.3, -0.25) is 9.69 Å². The van der Waals surface area contributed by atoms with Gasteiger partial charge in [-0.2, -0.15) is 0 Å². The summed E-state index contributed by atoms with van der Waals surface area (Å²) in [7, 11) is 0. The van der Waals surface area contributed by atoms with Crippen molar-refractivity contribution in [1.29, 1.82) is 0 Å². The molecule has 1 atom stereocenters. The molecule has 0 bridgehead atoms. The maximum atomic E-state index is 11.9. The Labute approximate surface area is 140 Å². The number of carbonyl (C=O) groups is 1. The summed E-state index contributed by atoms with van der Waals surface area (Å²) in [5.74, 6) is 3.09. The minimum absolute atomic E-state index is 0.0472. The van der Waals surface area contributed by atoms with Crippen molar-refractivity contribution in [3.63, 3.8) is 0 Å². The Morgan fingerprint density at radius 2 is 2.14 bits per heavy atom. The van der Waals surface area contributed by atoms with Gasteiger partial charge in [-0.1, -0.05) is 29.1 Å². The van der Waals surface area contributed by atoms with Crippen molar-refractivity contribution in [3.8, 4) is 12.3 Å². The summed E-state index contributed by atoms with van der Waals surface area (Å²) in [5.41, 5.74) is 0. The van der Waals surface area contributed by atoms with Crippen LogP contribution in [0.1, 0.15) is 6.92 Å². The van der Waals surface area contributed by atoms with Crippen LogP contribution >= 0.6 is 23.2 Å². The molecule has 1 aromatic rings. The van der Waals surface area contributed by atoms with E-state index in [1.165, 1.54) is 0 Å². The van der Waals surface area contributed by atoms with Gasteiger partial charge in [0, 0.05) is 32.4 Å². The van der Waals surface area contributed by atoms with Gasteiger partial charge in [0.25, 0.3) is 0 Å². The monoisotopic (exact) mass is 340 g/mol. The minimum Gasteiger partial charge on any atom is -0.353 e. The van der Waals surface area contributed by atoms with Gasteiger partial charge in [-0.05, 0) is 13.0 Å². The fourth-order valence-electron chi connectivity index (χ4n) is 2.41. The molecule has 1 aliphatic rings. The van der Waals surface area contributed by atoms with E-state index in [9.17, 15) is 4.79 Å². The summed E-state index contributed by atoms with van der Waals surface area (Å²) in [5, 5.41) is 3.77. The first-order valence-electron chi connectivity index (χ1n) is 7.04. The lowest BCUT2D eigenvalue weighted by Gasteiger charge is -2.38. The Bertz CT molecular complexity index is 579. The van der Waals surface area contributed by atoms with Gasteiger partial charge in [0.2, 0.25) is 5.91 Å². The molecule has 0 radical (unpaired) electrons. The van der Waals surface area contributed by atoms with E-state index in [1.807, 2.05) is 6.92 Å². The van der Waals surface area contributed by atoms with Crippen molar-refractivity contribution in [3.05, 3.63) is 22.3 Å². The van der Waals surface area contributed by atoms with Crippen LogP contribution < -0.4 is 10.2 Å². The van der Waals surface area contributed by atoms with Crippen LogP contribution in [0.4, 0.5) is 5.82 Å². The second-order valence-electron chi connectivity index (χ2n) is 5.08. The Hall–Kier alpha value is -1.48. The van der Waals surface area contributed by atoms with Gasteiger partial charge in [0.1, 0.15) is 5.82 Å². The standard InChI is InChI=1S/C15H18Cl2N4O/c1-3-4-18-15(22)11(2)20-5-7-21(8-6-20)14-13(17)9-12(16)10-19-14/h1,9-11H,4-8H2,2H3,(H,18,22)/t11-/m1/s1. The largest absolute Gasteiger partial charge is 0.353 e. The van der Waals surface area contributed by atoms with E-state index >= 15 is 0 Å². The normalized spacial score (nSPS) is 16.9. The number of carbonyl (C=O) groups excluding carboxylic acids is 1. The Kier molecular flexibility index (Phi) is 5.90. The van der Waals surface area contributed by atoms with Crippen molar-refractivity contribution in [2.24, 2.45) is 0 Å². The third-order valence-corrected chi connectivity index (χ3v) is 4.18. The molecule has 1 amide bonds. The summed E-state index contributed by atoms with van der Waals surface area (Å²) in [4.78, 5) is 20.4. The Balaban J connectivity index is 1.92. The lowest BCUT2D eigenvalue weighted by Crippen LogP contribution is -2.54. The average Bonchev–Trinajstić information content (AvgIpc) is 2.52. The molecular formula is C15H18Cl2N4O. The molecule has 22 heavy (non-hydrogen) atoms. The number of nitrogens with one attached hydrogen (secondary N) is 1. The highest BCUT2D eigenvalue weighted by molar-refractivity contribution is 6.36. The van der Waals surface area contributed by atoms with E-state index in [0.29, 0.717) is 10.0 Å². The molecule has 2 heterocycles. The van der Waals surface area contributed by atoms with E-state index in [2.05, 4.69) is 26.0 Å². The number of piperazine rings is 1. The van der Waals surface area contributed by atoms with E-state index in [1.54, 1.807) is 12.3 Å². The number of hydrogen-bond donors (Lipinski definition) is 1. The summed E-state index contributed by atoms with van der Waals surface area (Å²) >= 11 is 12.0. The predicted molar refractivity (Wildman–Crippen MR) is 89.3 cm³/mol. The minimum atomic E-state index is -0.204. The molecule has 0 saturated carbocycles. The van der Waals surface area contributed by atoms with E-state index in [0.717, 1.165) is 32.0 Å². The average molecular weight is 341 g/mol. The van der Waals surface area contributed by atoms with E-state index in [-0.39, 0.29) is 18.5 Å². The molecule has 1 N–H and O–H groups in total. The van der Waals surface area contributed by atoms with Crippen LogP contribution in [-0.4, -0.2) is 54.6 Å². The molecule has 0 unspecified atom stereocenters. The quantitative estimate of drug-likeness (QED) is 0.846. The zero-order valence-corrected chi connectivity index (χ0v) is 13.9. The molecule has 5 nitrogen and oxygen atoms in total. The number of anilines is 1. The molecule has 1 aliphatic heterocycles. The molecule has 0 aromatic carbocycles.